The zero-order valence-corrected chi connectivity index (χ0v) is 20.2. The van der Waals surface area contributed by atoms with Crippen LogP contribution in [0.25, 0.3) is 0 Å². The molecule has 1 aliphatic carbocycles. The summed E-state index contributed by atoms with van der Waals surface area (Å²) in [4.78, 5) is 20.2. The van der Waals surface area contributed by atoms with Gasteiger partial charge >= 0.3 is 0 Å². The number of anilines is 1. The summed E-state index contributed by atoms with van der Waals surface area (Å²) in [6.45, 7) is 5.41. The summed E-state index contributed by atoms with van der Waals surface area (Å²) in [6, 6.07) is 9.08. The van der Waals surface area contributed by atoms with E-state index in [1.54, 1.807) is 0 Å². The Morgan fingerprint density at radius 3 is 2.53 bits per heavy atom. The molecule has 0 spiro atoms. The van der Waals surface area contributed by atoms with Gasteiger partial charge in [-0.25, -0.2) is 0 Å². The van der Waals surface area contributed by atoms with E-state index >= 15 is 0 Å². The highest BCUT2D eigenvalue weighted by atomic mass is 35.5. The Bertz CT molecular complexity index is 674. The Labute approximate surface area is 193 Å². The van der Waals surface area contributed by atoms with E-state index in [4.69, 9.17) is 4.99 Å². The number of benzene rings is 1. The number of carbonyl (C=O) groups is 1. The molecule has 4 nitrogen and oxygen atoms in total. The second kappa shape index (κ2) is 13.3. The third kappa shape index (κ3) is 7.49. The van der Waals surface area contributed by atoms with E-state index in [9.17, 15) is 4.79 Å². The predicted molar refractivity (Wildman–Crippen MR) is 133 cm³/mol. The minimum Gasteiger partial charge on any atom is -0.347 e. The minimum absolute atomic E-state index is 0. The number of halogens is 1. The van der Waals surface area contributed by atoms with Crippen LogP contribution in [-0.2, 0) is 11.2 Å². The van der Waals surface area contributed by atoms with Crippen molar-refractivity contribution in [2.45, 2.75) is 90.1 Å². The van der Waals surface area contributed by atoms with E-state index in [-0.39, 0.29) is 24.4 Å². The topological polar surface area (TPSA) is 44.7 Å². The van der Waals surface area contributed by atoms with Crippen LogP contribution in [0, 0.1) is 0 Å². The maximum Gasteiger partial charge on any atom is 0.226 e. The summed E-state index contributed by atoms with van der Waals surface area (Å²) >= 11 is 1.85. The Hall–Kier alpha value is -1.20. The van der Waals surface area contributed by atoms with Gasteiger partial charge in [-0.1, -0.05) is 63.4 Å². The molecule has 30 heavy (non-hydrogen) atoms. The van der Waals surface area contributed by atoms with Crippen LogP contribution in [0.2, 0.25) is 0 Å². The van der Waals surface area contributed by atoms with Crippen molar-refractivity contribution in [3.63, 3.8) is 0 Å². The molecule has 2 fully saturated rings. The number of carbonyl (C=O) groups excluding carboxylic acids is 1. The van der Waals surface area contributed by atoms with E-state index in [0.717, 1.165) is 30.8 Å². The van der Waals surface area contributed by atoms with Crippen LogP contribution in [0.1, 0.15) is 77.2 Å². The Kier molecular flexibility index (Phi) is 11.1. The molecule has 1 N–H and O–H groups in total. The van der Waals surface area contributed by atoms with Crippen molar-refractivity contribution >= 4 is 40.9 Å². The summed E-state index contributed by atoms with van der Waals surface area (Å²) in [5.41, 5.74) is 2.24. The van der Waals surface area contributed by atoms with E-state index in [2.05, 4.69) is 36.2 Å². The average Bonchev–Trinajstić information content (AvgIpc) is 3.09. The molecule has 1 unspecified atom stereocenters. The van der Waals surface area contributed by atoms with E-state index in [0.29, 0.717) is 12.5 Å². The fourth-order valence-electron chi connectivity index (χ4n) is 4.23. The van der Waals surface area contributed by atoms with Gasteiger partial charge in [0.15, 0.2) is 5.17 Å². The Morgan fingerprint density at radius 2 is 1.87 bits per heavy atom. The molecule has 1 aromatic carbocycles. The number of hydrogen-bond donors (Lipinski definition) is 1. The largest absolute Gasteiger partial charge is 0.347 e. The van der Waals surface area contributed by atoms with Crippen LogP contribution >= 0.6 is 24.2 Å². The lowest BCUT2D eigenvalue weighted by Crippen LogP contribution is -2.37. The van der Waals surface area contributed by atoms with Gasteiger partial charge in [-0.3, -0.25) is 9.79 Å². The van der Waals surface area contributed by atoms with Crippen molar-refractivity contribution in [2.75, 3.05) is 17.6 Å². The first kappa shape index (κ1) is 25.1. The van der Waals surface area contributed by atoms with Gasteiger partial charge < -0.3 is 10.2 Å². The summed E-state index contributed by atoms with van der Waals surface area (Å²) < 4.78 is 0. The summed E-state index contributed by atoms with van der Waals surface area (Å²) in [6.07, 6.45) is 11.6. The molecule has 1 heterocycles. The molecule has 1 aliphatic heterocycles. The second-order valence-corrected chi connectivity index (χ2v) is 9.40. The molecule has 0 aromatic heterocycles. The van der Waals surface area contributed by atoms with Crippen molar-refractivity contribution in [1.82, 2.24) is 4.90 Å². The number of unbranched alkanes of at least 4 members (excludes halogenated alkanes) is 1. The highest BCUT2D eigenvalue weighted by Gasteiger charge is 2.32. The standard InChI is InChI=1S/C24H37N3OS.ClH/c1-3-5-9-19-12-14-21(15-13-19)25-23(28)17-22-18-29-24(27(22)16-4-2)26-20-10-7-6-8-11-20;/h12-15,20,22H,3-11,16-18H2,1-2H3,(H,25,28);1H. The monoisotopic (exact) mass is 451 g/mol. The molecular weight excluding hydrogens is 414 g/mol. The highest BCUT2D eigenvalue weighted by molar-refractivity contribution is 8.14. The molecule has 1 atom stereocenters. The van der Waals surface area contributed by atoms with Crippen LogP contribution in [0.4, 0.5) is 5.69 Å². The molecule has 1 saturated carbocycles. The molecule has 6 heteroatoms. The van der Waals surface area contributed by atoms with Gasteiger partial charge in [0, 0.05) is 30.4 Å². The van der Waals surface area contributed by atoms with Crippen molar-refractivity contribution in [3.8, 4) is 0 Å². The van der Waals surface area contributed by atoms with Gasteiger partial charge in [0.2, 0.25) is 5.91 Å². The quantitative estimate of drug-likeness (QED) is 0.479. The third-order valence-electron chi connectivity index (χ3n) is 5.90. The van der Waals surface area contributed by atoms with E-state index in [1.807, 2.05) is 23.9 Å². The Balaban J connectivity index is 0.00000320. The minimum atomic E-state index is 0. The number of amidine groups is 1. The number of hydrogen-bond acceptors (Lipinski definition) is 3. The third-order valence-corrected chi connectivity index (χ3v) is 7.05. The van der Waals surface area contributed by atoms with Gasteiger partial charge in [-0.05, 0) is 49.8 Å². The van der Waals surface area contributed by atoms with Crippen molar-refractivity contribution in [3.05, 3.63) is 29.8 Å². The lowest BCUT2D eigenvalue weighted by Gasteiger charge is -2.27. The number of thioether (sulfide) groups is 1. The SMILES string of the molecule is CCCCc1ccc(NC(=O)CC2CSC(=NC3CCCCC3)N2CCC)cc1.Cl. The first-order valence-electron chi connectivity index (χ1n) is 11.6. The van der Waals surface area contributed by atoms with Crippen LogP contribution < -0.4 is 5.32 Å². The zero-order valence-electron chi connectivity index (χ0n) is 18.6. The van der Waals surface area contributed by atoms with E-state index in [1.165, 1.54) is 55.7 Å². The van der Waals surface area contributed by atoms with Gasteiger partial charge in [-0.15, -0.1) is 12.4 Å². The molecule has 1 aromatic rings. The highest BCUT2D eigenvalue weighted by Crippen LogP contribution is 2.30. The van der Waals surface area contributed by atoms with E-state index < -0.39 is 0 Å². The van der Waals surface area contributed by atoms with Crippen molar-refractivity contribution < 1.29 is 4.79 Å². The zero-order chi connectivity index (χ0) is 20.5. The lowest BCUT2D eigenvalue weighted by molar-refractivity contribution is -0.116. The molecule has 0 bridgehead atoms. The number of rotatable bonds is 9. The summed E-state index contributed by atoms with van der Waals surface area (Å²) in [5, 5.41) is 4.27. The Morgan fingerprint density at radius 1 is 1.13 bits per heavy atom. The molecular formula is C24H38ClN3OS. The maximum absolute atomic E-state index is 12.7. The molecule has 1 saturated heterocycles. The normalized spacial score (nSPS) is 20.9. The lowest BCUT2D eigenvalue weighted by atomic mass is 9.96. The van der Waals surface area contributed by atoms with Gasteiger partial charge in [-0.2, -0.15) is 0 Å². The fourth-order valence-corrected chi connectivity index (χ4v) is 5.50. The van der Waals surface area contributed by atoms with Crippen LogP contribution in [0.3, 0.4) is 0 Å². The maximum atomic E-state index is 12.7. The summed E-state index contributed by atoms with van der Waals surface area (Å²) in [7, 11) is 0. The van der Waals surface area contributed by atoms with Gasteiger partial charge in [0.05, 0.1) is 6.04 Å². The fraction of sp³-hybridized carbons (Fsp3) is 0.667. The number of nitrogens with zero attached hydrogens (tertiary/aromatic N) is 2. The summed E-state index contributed by atoms with van der Waals surface area (Å²) in [5.74, 6) is 1.08. The number of nitrogens with one attached hydrogen (secondary N) is 1. The second-order valence-electron chi connectivity index (χ2n) is 8.41. The first-order valence-corrected chi connectivity index (χ1v) is 12.5. The van der Waals surface area contributed by atoms with Crippen LogP contribution in [0.15, 0.2) is 29.3 Å². The number of amides is 1. The molecule has 0 radical (unpaired) electrons. The molecule has 2 aliphatic rings. The van der Waals surface area contributed by atoms with Crippen molar-refractivity contribution in [1.29, 1.82) is 0 Å². The van der Waals surface area contributed by atoms with Crippen LogP contribution in [0.5, 0.6) is 0 Å². The van der Waals surface area contributed by atoms with Crippen LogP contribution in [-0.4, -0.2) is 40.4 Å². The predicted octanol–water partition coefficient (Wildman–Crippen LogP) is 6.30. The molecule has 3 rings (SSSR count). The molecule has 168 valence electrons. The number of aliphatic imine (C=N–C) groups is 1. The van der Waals surface area contributed by atoms with Gasteiger partial charge in [0.1, 0.15) is 0 Å². The number of aryl methyl sites for hydroxylation is 1. The first-order chi connectivity index (χ1) is 14.2. The average molecular weight is 452 g/mol. The smallest absolute Gasteiger partial charge is 0.226 e. The van der Waals surface area contributed by atoms with Crippen molar-refractivity contribution in [2.24, 2.45) is 4.99 Å². The molecule has 1 amide bonds. The van der Waals surface area contributed by atoms with Gasteiger partial charge in [0.25, 0.3) is 0 Å².